The molecule has 0 unspecified atom stereocenters. The second kappa shape index (κ2) is 5.20. The average Bonchev–Trinajstić information content (AvgIpc) is 3.10. The minimum Gasteiger partial charge on any atom is -0.343 e. The summed E-state index contributed by atoms with van der Waals surface area (Å²) in [6, 6.07) is 0. The lowest BCUT2D eigenvalue weighted by molar-refractivity contribution is -0.133. The van der Waals surface area contributed by atoms with Gasteiger partial charge in [-0.3, -0.25) is 4.79 Å². The average molecular weight is 223 g/mol. The van der Waals surface area contributed by atoms with Crippen molar-refractivity contribution in [3.8, 4) is 0 Å². The van der Waals surface area contributed by atoms with E-state index in [0.29, 0.717) is 5.91 Å². The van der Waals surface area contributed by atoms with Crippen molar-refractivity contribution in [3.05, 3.63) is 0 Å². The minimum absolute atomic E-state index is 0.411. The van der Waals surface area contributed by atoms with E-state index in [1.54, 1.807) is 0 Å². The zero-order valence-corrected chi connectivity index (χ0v) is 10.7. The van der Waals surface area contributed by atoms with E-state index >= 15 is 0 Å². The minimum atomic E-state index is 0.411. The van der Waals surface area contributed by atoms with Crippen LogP contribution in [0.15, 0.2) is 0 Å². The van der Waals surface area contributed by atoms with Gasteiger partial charge in [0, 0.05) is 19.5 Å². The second-order valence-corrected chi connectivity index (χ2v) is 5.94. The zero-order chi connectivity index (χ0) is 11.5. The first-order chi connectivity index (χ1) is 7.66. The molecule has 0 aromatic heterocycles. The first-order valence-corrected chi connectivity index (χ1v) is 6.94. The van der Waals surface area contributed by atoms with Crippen LogP contribution < -0.4 is 0 Å². The summed E-state index contributed by atoms with van der Waals surface area (Å²) in [5.41, 5.74) is 0. The molecule has 2 rings (SSSR count). The standard InChI is InChI=1S/C14H25NO/c1-11(2)13-7-9-15(10-8-13)14(16)6-5-12-3-4-12/h11-13H,3-10H2,1-2H3. The Morgan fingerprint density at radius 3 is 2.31 bits per heavy atom. The van der Waals surface area contributed by atoms with Gasteiger partial charge in [0.25, 0.3) is 0 Å². The van der Waals surface area contributed by atoms with Gasteiger partial charge in [-0.15, -0.1) is 0 Å². The van der Waals surface area contributed by atoms with Crippen LogP contribution >= 0.6 is 0 Å². The van der Waals surface area contributed by atoms with E-state index in [2.05, 4.69) is 18.7 Å². The molecule has 0 radical (unpaired) electrons. The van der Waals surface area contributed by atoms with Gasteiger partial charge in [-0.25, -0.2) is 0 Å². The Bertz CT molecular complexity index is 237. The first kappa shape index (κ1) is 11.9. The molecule has 0 bridgehead atoms. The highest BCUT2D eigenvalue weighted by Gasteiger charge is 2.26. The molecule has 0 N–H and O–H groups in total. The SMILES string of the molecule is CC(C)C1CCN(C(=O)CCC2CC2)CC1. The van der Waals surface area contributed by atoms with Crippen LogP contribution in [-0.2, 0) is 4.79 Å². The molecule has 1 heterocycles. The van der Waals surface area contributed by atoms with Crippen molar-refractivity contribution in [1.29, 1.82) is 0 Å². The molecule has 0 aromatic carbocycles. The summed E-state index contributed by atoms with van der Waals surface area (Å²) in [5.74, 6) is 2.92. The van der Waals surface area contributed by atoms with Crippen molar-refractivity contribution in [2.24, 2.45) is 17.8 Å². The van der Waals surface area contributed by atoms with Gasteiger partial charge in [0.2, 0.25) is 5.91 Å². The maximum atomic E-state index is 11.9. The quantitative estimate of drug-likeness (QED) is 0.717. The summed E-state index contributed by atoms with van der Waals surface area (Å²) in [7, 11) is 0. The summed E-state index contributed by atoms with van der Waals surface area (Å²) in [4.78, 5) is 14.0. The van der Waals surface area contributed by atoms with Gasteiger partial charge < -0.3 is 4.90 Å². The van der Waals surface area contributed by atoms with Crippen LogP contribution in [0.2, 0.25) is 0 Å². The normalized spacial score (nSPS) is 22.8. The molecule has 2 fully saturated rings. The van der Waals surface area contributed by atoms with Crippen molar-refractivity contribution in [1.82, 2.24) is 4.90 Å². The van der Waals surface area contributed by atoms with Crippen LogP contribution in [0.5, 0.6) is 0 Å². The van der Waals surface area contributed by atoms with Gasteiger partial charge in [0.1, 0.15) is 0 Å². The second-order valence-electron chi connectivity index (χ2n) is 5.94. The Labute approximate surface area is 99.4 Å². The highest BCUT2D eigenvalue weighted by atomic mass is 16.2. The van der Waals surface area contributed by atoms with Crippen LogP contribution in [0, 0.1) is 17.8 Å². The number of carbonyl (C=O) groups is 1. The topological polar surface area (TPSA) is 20.3 Å². The Balaban J connectivity index is 1.68. The fourth-order valence-corrected chi connectivity index (χ4v) is 2.71. The molecule has 16 heavy (non-hydrogen) atoms. The zero-order valence-electron chi connectivity index (χ0n) is 10.7. The molecule has 2 nitrogen and oxygen atoms in total. The van der Waals surface area contributed by atoms with E-state index in [9.17, 15) is 4.79 Å². The van der Waals surface area contributed by atoms with E-state index in [0.717, 1.165) is 43.7 Å². The lowest BCUT2D eigenvalue weighted by atomic mass is 9.86. The van der Waals surface area contributed by atoms with Gasteiger partial charge in [0.05, 0.1) is 0 Å². The summed E-state index contributed by atoms with van der Waals surface area (Å²) in [5, 5.41) is 0. The Kier molecular flexibility index (Phi) is 3.88. The van der Waals surface area contributed by atoms with Crippen molar-refractivity contribution in [2.75, 3.05) is 13.1 Å². The molecule has 0 spiro atoms. The van der Waals surface area contributed by atoms with Crippen LogP contribution in [0.25, 0.3) is 0 Å². The third kappa shape index (κ3) is 3.23. The smallest absolute Gasteiger partial charge is 0.222 e. The lowest BCUT2D eigenvalue weighted by Crippen LogP contribution is -2.39. The molecule has 0 atom stereocenters. The molecule has 0 aromatic rings. The van der Waals surface area contributed by atoms with E-state index in [1.807, 2.05) is 0 Å². The van der Waals surface area contributed by atoms with E-state index in [-0.39, 0.29) is 0 Å². The molecule has 1 aliphatic carbocycles. The highest BCUT2D eigenvalue weighted by Crippen LogP contribution is 2.34. The molecule has 1 amide bonds. The number of piperidine rings is 1. The van der Waals surface area contributed by atoms with Crippen LogP contribution in [0.3, 0.4) is 0 Å². The summed E-state index contributed by atoms with van der Waals surface area (Å²) >= 11 is 0. The van der Waals surface area contributed by atoms with Gasteiger partial charge >= 0.3 is 0 Å². The fraction of sp³-hybridized carbons (Fsp3) is 0.929. The number of hydrogen-bond donors (Lipinski definition) is 0. The predicted octanol–water partition coefficient (Wildman–Crippen LogP) is 3.07. The number of hydrogen-bond acceptors (Lipinski definition) is 1. The van der Waals surface area contributed by atoms with Crippen molar-refractivity contribution >= 4 is 5.91 Å². The van der Waals surface area contributed by atoms with E-state index in [1.165, 1.54) is 25.7 Å². The van der Waals surface area contributed by atoms with Gasteiger partial charge in [-0.1, -0.05) is 26.7 Å². The Morgan fingerprint density at radius 1 is 1.19 bits per heavy atom. The van der Waals surface area contributed by atoms with Gasteiger partial charge in [-0.2, -0.15) is 0 Å². The third-order valence-corrected chi connectivity index (χ3v) is 4.30. The fourth-order valence-electron chi connectivity index (χ4n) is 2.71. The largest absolute Gasteiger partial charge is 0.343 e. The molecule has 1 aliphatic heterocycles. The summed E-state index contributed by atoms with van der Waals surface area (Å²) < 4.78 is 0. The molecule has 2 aliphatic rings. The maximum absolute atomic E-state index is 11.9. The van der Waals surface area contributed by atoms with Crippen molar-refractivity contribution in [2.45, 2.75) is 52.4 Å². The molecule has 2 heteroatoms. The van der Waals surface area contributed by atoms with Crippen molar-refractivity contribution in [3.63, 3.8) is 0 Å². The number of amides is 1. The molecule has 92 valence electrons. The predicted molar refractivity (Wildman–Crippen MR) is 66.1 cm³/mol. The first-order valence-electron chi connectivity index (χ1n) is 6.94. The van der Waals surface area contributed by atoms with Gasteiger partial charge in [-0.05, 0) is 37.0 Å². The Morgan fingerprint density at radius 2 is 1.81 bits per heavy atom. The van der Waals surface area contributed by atoms with E-state index in [4.69, 9.17) is 0 Å². The van der Waals surface area contributed by atoms with E-state index < -0.39 is 0 Å². The maximum Gasteiger partial charge on any atom is 0.222 e. The van der Waals surface area contributed by atoms with Crippen molar-refractivity contribution < 1.29 is 4.79 Å². The monoisotopic (exact) mass is 223 g/mol. The Hall–Kier alpha value is -0.530. The molecular formula is C14H25NO. The molecule has 1 saturated heterocycles. The van der Waals surface area contributed by atoms with Crippen LogP contribution in [0.4, 0.5) is 0 Å². The number of likely N-dealkylation sites (tertiary alicyclic amines) is 1. The summed E-state index contributed by atoms with van der Waals surface area (Å²) in [6.45, 7) is 6.61. The van der Waals surface area contributed by atoms with Crippen LogP contribution in [0.1, 0.15) is 52.4 Å². The number of rotatable bonds is 4. The third-order valence-electron chi connectivity index (χ3n) is 4.30. The highest BCUT2D eigenvalue weighted by molar-refractivity contribution is 5.76. The van der Waals surface area contributed by atoms with Crippen LogP contribution in [-0.4, -0.2) is 23.9 Å². The molecule has 1 saturated carbocycles. The number of carbonyl (C=O) groups excluding carboxylic acids is 1. The summed E-state index contributed by atoms with van der Waals surface area (Å²) in [6.07, 6.45) is 7.10. The lowest BCUT2D eigenvalue weighted by Gasteiger charge is -2.34. The number of nitrogens with zero attached hydrogens (tertiary/aromatic N) is 1. The van der Waals surface area contributed by atoms with Gasteiger partial charge in [0.15, 0.2) is 0 Å². The molecular weight excluding hydrogens is 198 g/mol.